The van der Waals surface area contributed by atoms with Crippen molar-refractivity contribution in [3.05, 3.63) is 88.0 Å². The van der Waals surface area contributed by atoms with Crippen molar-refractivity contribution in [1.29, 1.82) is 0 Å². The normalized spacial score (nSPS) is 28.0. The van der Waals surface area contributed by atoms with E-state index in [0.29, 0.717) is 70.5 Å². The third-order valence-corrected chi connectivity index (χ3v) is 38.7. The summed E-state index contributed by atoms with van der Waals surface area (Å²) in [5, 5.41) is 66.8. The molecule has 0 aromatic heterocycles. The number of quaternary nitrogens is 3. The molecule has 15 atom stereocenters. The summed E-state index contributed by atoms with van der Waals surface area (Å²) in [6.45, 7) is 32.5. The molecule has 6 fully saturated rings. The van der Waals surface area contributed by atoms with Crippen molar-refractivity contribution in [2.45, 2.75) is 508 Å². The molecule has 0 heterocycles. The standard InChI is InChI=1S/C54H97NO2.C38H65NO2.C26H41NO2.3ClH/c1-5-7-9-11-13-15-17-19-21-23-25-27-29-31-43-55(4,44-32-30-28-26-24-22-20-18-16-14-12-10-8-6-2)45-33-40-54(57)42-39-52-51-36-34-47-46-48(56)35-37-49(47)50(51)38-41-53(52,54)3;1-5-7-9-11-13-15-27-39(4,28-16-14-12-10-8-6-2)29-17-24-38(41)26-23-36-35-20-18-31-30-32(40)19-21-33(31)34(35)22-25-37(36,38)3;1-5-27(4,6-2)17-7-14-26(29)16-13-24-23-10-8-19-18-20(28)9-11-21(19)22(23)12-15-25(24,26)3;;;/h35,37,46,50-52,57H,5-34,36,38-45H2,1-4H3;19,21,30,34-36,41H,5-18,20,22-29H2,1-4H3;9,11,18,22-24,29H,5-8,10,12-17H2,1-4H3;3*1H/t50?,51?,52?,53-,54-;34?,35?,36?,37-,38-;22?,23?,24?,25-,26-;;;/m000.../s1. The van der Waals surface area contributed by atoms with Gasteiger partial charge in [0.1, 0.15) is 17.2 Å². The van der Waals surface area contributed by atoms with Gasteiger partial charge in [-0.25, -0.2) is 0 Å². The fourth-order valence-corrected chi connectivity index (χ4v) is 29.7. The number of rotatable bonds is 58. The summed E-state index contributed by atoms with van der Waals surface area (Å²) in [7, 11) is 7.46. The minimum absolute atomic E-state index is 0. The van der Waals surface area contributed by atoms with Crippen molar-refractivity contribution in [3.8, 4) is 17.2 Å². The van der Waals surface area contributed by atoms with Gasteiger partial charge in [0.15, 0.2) is 0 Å². The SMILES string of the molecule is CCCCCCCCCCCCCCCC[N+](C)(CCCCCCCCCCCCCCCC)CCC[C@]1(O)CCC2C3CCc4cc(O)ccc4C3CC[C@@]21C.CCCCCCCC[N+](C)(CCCCCCCC)CCC[C@]1(O)CCC2C3CCc4cc(O)ccc4C3CC[C@@]21C.CC[N+](C)(CC)CCC[C@]1(O)CCC2C3CCc4cc(O)ccc4C3CC[C@@]21C.[Cl-].[Cl-].[Cl-]. The van der Waals surface area contributed by atoms with Gasteiger partial charge >= 0.3 is 0 Å². The summed E-state index contributed by atoms with van der Waals surface area (Å²) in [6, 6.07) is 18.3. The van der Waals surface area contributed by atoms with Crippen molar-refractivity contribution in [2.75, 3.05) is 80.0 Å². The minimum Gasteiger partial charge on any atom is -1.00 e. The second-order valence-corrected chi connectivity index (χ2v) is 47.1. The van der Waals surface area contributed by atoms with Crippen molar-refractivity contribution in [3.63, 3.8) is 0 Å². The summed E-state index contributed by atoms with van der Waals surface area (Å²) >= 11 is 0. The molecule has 0 aliphatic heterocycles. The van der Waals surface area contributed by atoms with Crippen molar-refractivity contribution in [2.24, 2.45) is 51.8 Å². The third-order valence-electron chi connectivity index (χ3n) is 38.7. The molecule has 9 unspecified atom stereocenters. The fraction of sp³-hybridized carbons (Fsp3) is 0.847. The van der Waals surface area contributed by atoms with E-state index in [4.69, 9.17) is 0 Å². The van der Waals surface area contributed by atoms with Crippen LogP contribution >= 0.6 is 0 Å². The van der Waals surface area contributed by atoms with Crippen LogP contribution in [0.4, 0.5) is 0 Å². The minimum atomic E-state index is -0.507. The molecular weight excluding hydrogens is 1660 g/mol. The van der Waals surface area contributed by atoms with E-state index < -0.39 is 16.8 Å². The number of phenols is 3. The van der Waals surface area contributed by atoms with Gasteiger partial charge in [-0.1, -0.05) is 272 Å². The Kier molecular flexibility index (Phi) is 50.1. The molecule has 130 heavy (non-hydrogen) atoms. The average molecular weight is 1870 g/mol. The number of hydrogen-bond donors (Lipinski definition) is 6. The van der Waals surface area contributed by atoms with E-state index in [9.17, 15) is 30.6 Å². The Bertz CT molecular complexity index is 3540. The molecule has 3 aromatic carbocycles. The first kappa shape index (κ1) is 115. The number of halogens is 3. The number of hydrogen-bond acceptors (Lipinski definition) is 6. The van der Waals surface area contributed by atoms with E-state index in [-0.39, 0.29) is 53.5 Å². The highest BCUT2D eigenvalue weighted by molar-refractivity contribution is 5.43. The Morgan fingerprint density at radius 1 is 0.262 bits per heavy atom. The highest BCUT2D eigenvalue weighted by Crippen LogP contribution is 2.69. The predicted molar refractivity (Wildman–Crippen MR) is 542 cm³/mol. The zero-order chi connectivity index (χ0) is 90.9. The van der Waals surface area contributed by atoms with Gasteiger partial charge in [0, 0.05) is 0 Å². The van der Waals surface area contributed by atoms with E-state index in [1.165, 1.54) is 422 Å². The van der Waals surface area contributed by atoms with Crippen LogP contribution in [-0.4, -0.2) is 141 Å². The maximum Gasteiger partial charge on any atom is 0.115 e. The highest BCUT2D eigenvalue weighted by Gasteiger charge is 2.64. The van der Waals surface area contributed by atoms with E-state index >= 15 is 0 Å². The molecule has 12 rings (SSSR count). The van der Waals surface area contributed by atoms with Gasteiger partial charge in [0.05, 0.1) is 96.8 Å². The molecule has 12 heteroatoms. The van der Waals surface area contributed by atoms with Gasteiger partial charge in [0.25, 0.3) is 0 Å². The van der Waals surface area contributed by atoms with Gasteiger partial charge < -0.3 is 81.3 Å². The van der Waals surface area contributed by atoms with Gasteiger partial charge in [0.2, 0.25) is 0 Å². The summed E-state index contributed by atoms with van der Waals surface area (Å²) in [5.41, 5.74) is 7.29. The maximum atomic E-state index is 12.5. The molecule has 0 bridgehead atoms. The molecular formula is C118H206Cl3N3O6. The molecule has 9 nitrogen and oxygen atoms in total. The number of fused-ring (bicyclic) bond motifs is 15. The van der Waals surface area contributed by atoms with Crippen LogP contribution in [0, 0.1) is 51.8 Å². The first-order valence-corrected chi connectivity index (χ1v) is 56.4. The Balaban J connectivity index is 0.000000278. The second-order valence-electron chi connectivity index (χ2n) is 47.1. The van der Waals surface area contributed by atoms with E-state index in [1.54, 1.807) is 0 Å². The number of nitrogens with zero attached hydrogens (tertiary/aromatic N) is 3. The first-order valence-electron chi connectivity index (χ1n) is 56.4. The number of aromatic hydroxyl groups is 3. The Morgan fingerprint density at radius 2 is 0.469 bits per heavy atom. The topological polar surface area (TPSA) is 121 Å². The molecule has 6 N–H and O–H groups in total. The number of aryl methyl sites for hydroxylation is 3. The van der Waals surface area contributed by atoms with Gasteiger partial charge in [-0.3, -0.25) is 0 Å². The van der Waals surface area contributed by atoms with Crippen molar-refractivity contribution in [1.82, 2.24) is 0 Å². The Hall–Kier alpha value is -2.31. The van der Waals surface area contributed by atoms with Crippen LogP contribution in [0.2, 0.25) is 0 Å². The number of phenolic OH excluding ortho intramolecular Hbond substituents is 3. The monoisotopic (exact) mass is 1870 g/mol. The average Bonchev–Trinajstić information content (AvgIpc) is 1.54. The molecule has 0 radical (unpaired) electrons. The van der Waals surface area contributed by atoms with Crippen molar-refractivity contribution >= 4 is 0 Å². The molecule has 0 amide bonds. The molecule has 750 valence electrons. The zero-order valence-electron chi connectivity index (χ0n) is 86.7. The lowest BCUT2D eigenvalue weighted by Gasteiger charge is -2.53. The van der Waals surface area contributed by atoms with Crippen LogP contribution < -0.4 is 37.2 Å². The van der Waals surface area contributed by atoms with Gasteiger partial charge in [-0.15, -0.1) is 0 Å². The maximum absolute atomic E-state index is 12.5. The Labute approximate surface area is 820 Å². The molecule has 9 aliphatic rings. The lowest BCUT2D eigenvalue weighted by atomic mass is 9.53. The number of unbranched alkanes of at least 4 members (excludes halogenated alkanes) is 36. The molecule has 9 aliphatic carbocycles. The van der Waals surface area contributed by atoms with Gasteiger partial charge in [-0.05, 0) is 359 Å². The quantitative estimate of drug-likeness (QED) is 0.0247. The van der Waals surface area contributed by atoms with Crippen LogP contribution in [0.15, 0.2) is 54.6 Å². The molecule has 3 aromatic rings. The number of aliphatic hydroxyl groups is 3. The van der Waals surface area contributed by atoms with Gasteiger partial charge in [-0.2, -0.15) is 0 Å². The van der Waals surface area contributed by atoms with Crippen molar-refractivity contribution < 1.29 is 81.3 Å². The summed E-state index contributed by atoms with van der Waals surface area (Å²) in [4.78, 5) is 0. The second kappa shape index (κ2) is 56.8. The predicted octanol–water partition coefficient (Wildman–Crippen LogP) is 22.4. The fourth-order valence-electron chi connectivity index (χ4n) is 29.7. The van der Waals surface area contributed by atoms with Crippen LogP contribution in [0.3, 0.4) is 0 Å². The van der Waals surface area contributed by atoms with Crippen LogP contribution in [0.25, 0.3) is 0 Å². The zero-order valence-corrected chi connectivity index (χ0v) is 88.9. The largest absolute Gasteiger partial charge is 1.00 e. The molecule has 0 spiro atoms. The van der Waals surface area contributed by atoms with E-state index in [1.807, 2.05) is 36.4 Å². The van der Waals surface area contributed by atoms with Crippen LogP contribution in [0.1, 0.15) is 505 Å². The molecule has 6 saturated carbocycles. The smallest absolute Gasteiger partial charge is 0.115 e. The molecule has 0 saturated heterocycles. The summed E-state index contributed by atoms with van der Waals surface area (Å²) < 4.78 is 3.55. The van der Waals surface area contributed by atoms with E-state index in [2.05, 4.69) is 102 Å². The van der Waals surface area contributed by atoms with Crippen LogP contribution in [-0.2, 0) is 19.3 Å². The first-order chi connectivity index (χ1) is 61.3. The third kappa shape index (κ3) is 31.1. The van der Waals surface area contributed by atoms with Crippen LogP contribution in [0.5, 0.6) is 17.2 Å². The Morgan fingerprint density at radius 3 is 0.692 bits per heavy atom. The summed E-state index contributed by atoms with van der Waals surface area (Å²) in [5.74, 6) is 7.10. The summed E-state index contributed by atoms with van der Waals surface area (Å²) in [6.07, 6.45) is 83.5. The van der Waals surface area contributed by atoms with E-state index in [0.717, 1.165) is 94.4 Å². The highest BCUT2D eigenvalue weighted by atomic mass is 35.5. The lowest BCUT2D eigenvalue weighted by molar-refractivity contribution is -0.910. The lowest BCUT2D eigenvalue weighted by Crippen LogP contribution is -3.00. The number of benzene rings is 3.